The van der Waals surface area contributed by atoms with E-state index in [1.165, 1.54) is 116 Å². The molecule has 0 spiro atoms. The van der Waals surface area contributed by atoms with Crippen molar-refractivity contribution in [3.8, 4) is 0 Å². The van der Waals surface area contributed by atoms with Crippen molar-refractivity contribution in [2.75, 3.05) is 7.11 Å². The summed E-state index contributed by atoms with van der Waals surface area (Å²) >= 11 is 0. The van der Waals surface area contributed by atoms with Crippen molar-refractivity contribution in [1.82, 2.24) is 0 Å². The zero-order valence-electron chi connectivity index (χ0n) is 22.6. The molecule has 0 atom stereocenters. The van der Waals surface area contributed by atoms with Crippen LogP contribution in [-0.4, -0.2) is 13.1 Å². The van der Waals surface area contributed by atoms with Gasteiger partial charge in [-0.15, -0.1) is 0 Å². The summed E-state index contributed by atoms with van der Waals surface area (Å²) in [6.45, 7) is 4.62. The average molecular weight is 461 g/mol. The fourth-order valence-corrected chi connectivity index (χ4v) is 7.85. The molecule has 0 aromatic heterocycles. The Balaban J connectivity index is 1.42. The van der Waals surface area contributed by atoms with Gasteiger partial charge < -0.3 is 4.74 Å². The summed E-state index contributed by atoms with van der Waals surface area (Å²) in [6.07, 6.45) is 28.4. The van der Waals surface area contributed by atoms with Gasteiger partial charge in [-0.3, -0.25) is 4.79 Å². The summed E-state index contributed by atoms with van der Waals surface area (Å²) in [4.78, 5) is 13.0. The molecule has 0 N–H and O–H groups in total. The van der Waals surface area contributed by atoms with E-state index in [1.54, 1.807) is 7.11 Å². The number of esters is 1. The number of rotatable bonds is 12. The zero-order valence-corrected chi connectivity index (χ0v) is 22.6. The van der Waals surface area contributed by atoms with E-state index in [1.807, 2.05) is 0 Å². The SMILES string of the molecule is CCCCCC1CCC(C2CCC(CC[C@H]3CC[C@H](CCCC)CC3)(C(=O)OC)CC2)CC1. The quantitative estimate of drug-likeness (QED) is 0.214. The Bertz CT molecular complexity index is 531. The van der Waals surface area contributed by atoms with Crippen molar-refractivity contribution in [3.05, 3.63) is 0 Å². The Labute approximate surface area is 206 Å². The molecule has 3 fully saturated rings. The molecule has 0 unspecified atom stereocenters. The Morgan fingerprint density at radius 1 is 0.667 bits per heavy atom. The van der Waals surface area contributed by atoms with Gasteiger partial charge in [-0.1, -0.05) is 97.3 Å². The normalized spacial score (nSPS) is 35.3. The van der Waals surface area contributed by atoms with Gasteiger partial charge in [-0.05, 0) is 81.0 Å². The third-order valence-corrected chi connectivity index (χ3v) is 10.3. The topological polar surface area (TPSA) is 26.3 Å². The fourth-order valence-electron chi connectivity index (χ4n) is 7.85. The van der Waals surface area contributed by atoms with Gasteiger partial charge in [-0.25, -0.2) is 0 Å². The lowest BCUT2D eigenvalue weighted by Crippen LogP contribution is -2.39. The molecule has 0 heterocycles. The second kappa shape index (κ2) is 14.1. The first kappa shape index (κ1) is 27.1. The molecule has 3 aliphatic rings. The molecule has 33 heavy (non-hydrogen) atoms. The lowest BCUT2D eigenvalue weighted by molar-refractivity contribution is -0.157. The van der Waals surface area contributed by atoms with Gasteiger partial charge >= 0.3 is 5.97 Å². The van der Waals surface area contributed by atoms with Crippen molar-refractivity contribution in [1.29, 1.82) is 0 Å². The van der Waals surface area contributed by atoms with Crippen LogP contribution in [0, 0.1) is 35.0 Å². The van der Waals surface area contributed by atoms with Crippen LogP contribution in [0.15, 0.2) is 0 Å². The lowest BCUT2D eigenvalue weighted by atomic mass is 9.62. The highest BCUT2D eigenvalue weighted by atomic mass is 16.5. The maximum absolute atomic E-state index is 13.0. The molecule has 3 saturated carbocycles. The highest BCUT2D eigenvalue weighted by Gasteiger charge is 2.44. The molecule has 2 nitrogen and oxygen atoms in total. The summed E-state index contributed by atoms with van der Waals surface area (Å²) in [6, 6.07) is 0. The molecule has 3 rings (SSSR count). The highest BCUT2D eigenvalue weighted by molar-refractivity contribution is 5.76. The summed E-state index contributed by atoms with van der Waals surface area (Å²) < 4.78 is 5.40. The van der Waals surface area contributed by atoms with Gasteiger partial charge in [-0.2, -0.15) is 0 Å². The van der Waals surface area contributed by atoms with E-state index >= 15 is 0 Å². The minimum Gasteiger partial charge on any atom is -0.469 e. The number of unbranched alkanes of at least 4 members (excludes halogenated alkanes) is 3. The van der Waals surface area contributed by atoms with Crippen LogP contribution in [0.2, 0.25) is 0 Å². The van der Waals surface area contributed by atoms with Crippen molar-refractivity contribution in [3.63, 3.8) is 0 Å². The van der Waals surface area contributed by atoms with Gasteiger partial charge in [0.05, 0.1) is 12.5 Å². The Kier molecular flexibility index (Phi) is 11.6. The second-order valence-corrected chi connectivity index (χ2v) is 12.5. The molecular weight excluding hydrogens is 404 g/mol. The van der Waals surface area contributed by atoms with Crippen LogP contribution < -0.4 is 0 Å². The van der Waals surface area contributed by atoms with Crippen molar-refractivity contribution >= 4 is 5.97 Å². The van der Waals surface area contributed by atoms with E-state index in [-0.39, 0.29) is 11.4 Å². The van der Waals surface area contributed by atoms with Crippen molar-refractivity contribution in [2.45, 2.75) is 149 Å². The predicted octanol–water partition coefficient (Wildman–Crippen LogP) is 9.50. The smallest absolute Gasteiger partial charge is 0.311 e. The van der Waals surface area contributed by atoms with Crippen LogP contribution in [0.4, 0.5) is 0 Å². The summed E-state index contributed by atoms with van der Waals surface area (Å²) in [5, 5.41) is 0. The van der Waals surface area contributed by atoms with Gasteiger partial charge in [0.2, 0.25) is 0 Å². The molecule has 0 aromatic rings. The lowest BCUT2D eigenvalue weighted by Gasteiger charge is -2.43. The third kappa shape index (κ3) is 7.99. The fraction of sp³-hybridized carbons (Fsp3) is 0.968. The molecule has 192 valence electrons. The largest absolute Gasteiger partial charge is 0.469 e. The first-order valence-corrected chi connectivity index (χ1v) is 15.2. The number of carbonyl (C=O) groups is 1. The molecule has 0 aliphatic heterocycles. The molecule has 3 aliphatic carbocycles. The van der Waals surface area contributed by atoms with Crippen molar-refractivity contribution < 1.29 is 9.53 Å². The first-order chi connectivity index (χ1) is 16.1. The maximum Gasteiger partial charge on any atom is 0.311 e. The Hall–Kier alpha value is -0.530. The number of methoxy groups -OCH3 is 1. The number of hydrogen-bond donors (Lipinski definition) is 0. The second-order valence-electron chi connectivity index (χ2n) is 12.5. The molecule has 0 saturated heterocycles. The molecule has 0 bridgehead atoms. The summed E-state index contributed by atoms with van der Waals surface area (Å²) in [5.74, 6) is 4.74. The average Bonchev–Trinajstić information content (AvgIpc) is 2.87. The predicted molar refractivity (Wildman–Crippen MR) is 140 cm³/mol. The van der Waals surface area contributed by atoms with Gasteiger partial charge in [0.1, 0.15) is 0 Å². The van der Waals surface area contributed by atoms with Crippen LogP contribution in [-0.2, 0) is 9.53 Å². The van der Waals surface area contributed by atoms with E-state index in [4.69, 9.17) is 4.74 Å². The minimum atomic E-state index is -0.165. The first-order valence-electron chi connectivity index (χ1n) is 15.2. The van der Waals surface area contributed by atoms with Crippen LogP contribution in [0.3, 0.4) is 0 Å². The van der Waals surface area contributed by atoms with E-state index in [2.05, 4.69) is 13.8 Å². The van der Waals surface area contributed by atoms with Crippen LogP contribution >= 0.6 is 0 Å². The monoisotopic (exact) mass is 460 g/mol. The third-order valence-electron chi connectivity index (χ3n) is 10.3. The van der Waals surface area contributed by atoms with E-state index in [0.717, 1.165) is 48.9 Å². The number of ether oxygens (including phenoxy) is 1. The van der Waals surface area contributed by atoms with Crippen LogP contribution in [0.1, 0.15) is 149 Å². The molecule has 2 heteroatoms. The van der Waals surface area contributed by atoms with Gasteiger partial charge in [0.25, 0.3) is 0 Å². The van der Waals surface area contributed by atoms with Crippen LogP contribution in [0.25, 0.3) is 0 Å². The van der Waals surface area contributed by atoms with Gasteiger partial charge in [0.15, 0.2) is 0 Å². The summed E-state index contributed by atoms with van der Waals surface area (Å²) in [7, 11) is 1.62. The van der Waals surface area contributed by atoms with E-state index in [0.29, 0.717) is 0 Å². The Morgan fingerprint density at radius 2 is 1.15 bits per heavy atom. The van der Waals surface area contributed by atoms with Crippen LogP contribution in [0.5, 0.6) is 0 Å². The van der Waals surface area contributed by atoms with Gasteiger partial charge in [0, 0.05) is 0 Å². The molecular formula is C31H56O2. The number of hydrogen-bond acceptors (Lipinski definition) is 2. The van der Waals surface area contributed by atoms with E-state index < -0.39 is 0 Å². The maximum atomic E-state index is 13.0. The summed E-state index contributed by atoms with van der Waals surface area (Å²) in [5.41, 5.74) is -0.165. The molecule has 0 amide bonds. The van der Waals surface area contributed by atoms with Crippen molar-refractivity contribution in [2.24, 2.45) is 35.0 Å². The minimum absolute atomic E-state index is 0.109. The standard InChI is InChI=1S/C31H56O2/c1-4-6-8-10-26-15-17-28(18-16-26)29-20-23-31(24-21-29,30(32)33-3)22-19-27-13-11-25(12-14-27)9-7-5-2/h25-29H,4-24H2,1-3H3/t25-,26?,27-,28?,29?,31?. The Morgan fingerprint density at radius 3 is 1.70 bits per heavy atom. The zero-order chi connectivity index (χ0) is 23.5. The molecule has 0 radical (unpaired) electrons. The highest BCUT2D eigenvalue weighted by Crippen LogP contribution is 2.49. The molecule has 0 aromatic carbocycles. The number of carbonyl (C=O) groups excluding carboxylic acids is 1. The van der Waals surface area contributed by atoms with E-state index in [9.17, 15) is 4.79 Å².